The number of imide groups is 1. The van der Waals surface area contributed by atoms with Gasteiger partial charge in [-0.3, -0.25) is 9.78 Å². The van der Waals surface area contributed by atoms with Gasteiger partial charge in [0, 0.05) is 23.0 Å². The van der Waals surface area contributed by atoms with Crippen molar-refractivity contribution >= 4 is 40.3 Å². The second-order valence-corrected chi connectivity index (χ2v) is 7.54. The van der Waals surface area contributed by atoms with Crippen LogP contribution in [-0.4, -0.2) is 33.9 Å². The minimum atomic E-state index is -4.40. The van der Waals surface area contributed by atoms with Crippen molar-refractivity contribution in [1.29, 1.82) is 0 Å². The summed E-state index contributed by atoms with van der Waals surface area (Å²) in [6, 6.07) is 14.0. The third kappa shape index (κ3) is 4.04. The zero-order valence-electron chi connectivity index (χ0n) is 14.9. The molecule has 0 bridgehead atoms. The Labute approximate surface area is 168 Å². The van der Waals surface area contributed by atoms with E-state index in [-0.39, 0.29) is 35.4 Å². The number of hydrogen-bond donors (Lipinski definition) is 0. The lowest BCUT2D eigenvalue weighted by Gasteiger charge is -2.18. The van der Waals surface area contributed by atoms with Crippen LogP contribution in [0.2, 0.25) is 0 Å². The molecule has 29 heavy (non-hydrogen) atoms. The summed E-state index contributed by atoms with van der Waals surface area (Å²) in [6.45, 7) is 0.126. The molecule has 0 aliphatic carbocycles. The number of halogens is 3. The number of urea groups is 1. The lowest BCUT2D eigenvalue weighted by Crippen LogP contribution is -2.32. The number of hydrogen-bond acceptors (Lipinski definition) is 4. The summed E-state index contributed by atoms with van der Waals surface area (Å²) in [7, 11) is 0. The van der Waals surface area contributed by atoms with E-state index in [0.29, 0.717) is 0 Å². The highest BCUT2D eigenvalue weighted by molar-refractivity contribution is 8.00. The number of carbonyl (C=O) groups excluding carboxylic acids is 2. The Morgan fingerprint density at radius 1 is 1.00 bits per heavy atom. The topological polar surface area (TPSA) is 53.5 Å². The van der Waals surface area contributed by atoms with Gasteiger partial charge in [-0.2, -0.15) is 13.2 Å². The fraction of sp³-hybridized carbons (Fsp3) is 0.150. The SMILES string of the molecule is O=C1CN(Cc2ccnc3ccccc23)C(=O)N1c1ccc(SC(F)(F)F)cc1. The molecule has 3 amide bonds. The summed E-state index contributed by atoms with van der Waals surface area (Å²) in [4.78, 5) is 31.9. The number of fused-ring (bicyclic) bond motifs is 1. The monoisotopic (exact) mass is 417 g/mol. The number of carbonyl (C=O) groups is 2. The fourth-order valence-corrected chi connectivity index (χ4v) is 3.76. The Hall–Kier alpha value is -3.07. The van der Waals surface area contributed by atoms with E-state index in [1.54, 1.807) is 12.3 Å². The van der Waals surface area contributed by atoms with Crippen LogP contribution in [0, 0.1) is 0 Å². The second-order valence-electron chi connectivity index (χ2n) is 6.40. The molecule has 1 fully saturated rings. The van der Waals surface area contributed by atoms with Crippen LogP contribution in [0.15, 0.2) is 65.7 Å². The maximum Gasteiger partial charge on any atom is 0.446 e. The largest absolute Gasteiger partial charge is 0.446 e. The molecule has 0 saturated carbocycles. The van der Waals surface area contributed by atoms with Gasteiger partial charge in [-0.05, 0) is 53.7 Å². The number of para-hydroxylation sites is 1. The number of benzene rings is 2. The van der Waals surface area contributed by atoms with Gasteiger partial charge in [-0.25, -0.2) is 9.69 Å². The first kappa shape index (κ1) is 19.3. The van der Waals surface area contributed by atoms with Crippen LogP contribution in [0.4, 0.5) is 23.7 Å². The summed E-state index contributed by atoms with van der Waals surface area (Å²) in [5.41, 5.74) is -2.51. The number of pyridine rings is 1. The Bertz CT molecular complexity index is 1080. The van der Waals surface area contributed by atoms with Gasteiger partial charge < -0.3 is 4.90 Å². The zero-order chi connectivity index (χ0) is 20.6. The Morgan fingerprint density at radius 2 is 1.72 bits per heavy atom. The van der Waals surface area contributed by atoms with E-state index < -0.39 is 17.4 Å². The quantitative estimate of drug-likeness (QED) is 0.451. The third-order valence-electron chi connectivity index (χ3n) is 4.47. The zero-order valence-corrected chi connectivity index (χ0v) is 15.7. The molecule has 5 nitrogen and oxygen atoms in total. The maximum absolute atomic E-state index is 12.8. The van der Waals surface area contributed by atoms with Crippen molar-refractivity contribution in [3.05, 3.63) is 66.4 Å². The lowest BCUT2D eigenvalue weighted by atomic mass is 10.1. The van der Waals surface area contributed by atoms with Crippen molar-refractivity contribution in [1.82, 2.24) is 9.88 Å². The second kappa shape index (κ2) is 7.40. The van der Waals surface area contributed by atoms with E-state index in [1.807, 2.05) is 24.3 Å². The first-order chi connectivity index (χ1) is 13.8. The number of alkyl halides is 3. The number of thioether (sulfide) groups is 1. The predicted octanol–water partition coefficient (Wildman–Crippen LogP) is 4.82. The summed E-state index contributed by atoms with van der Waals surface area (Å²) in [5, 5.41) is 0.891. The molecule has 1 aromatic heterocycles. The fourth-order valence-electron chi connectivity index (χ4n) is 3.22. The molecule has 2 aromatic carbocycles. The van der Waals surface area contributed by atoms with Gasteiger partial charge in [-0.1, -0.05) is 18.2 Å². The van der Waals surface area contributed by atoms with Crippen molar-refractivity contribution in [3.63, 3.8) is 0 Å². The first-order valence-corrected chi connectivity index (χ1v) is 9.44. The average molecular weight is 417 g/mol. The van der Waals surface area contributed by atoms with E-state index in [9.17, 15) is 22.8 Å². The normalized spacial score (nSPS) is 14.9. The molecule has 0 N–H and O–H groups in total. The number of nitrogens with zero attached hydrogens (tertiary/aromatic N) is 3. The number of rotatable bonds is 4. The smallest absolute Gasteiger partial charge is 0.310 e. The number of anilines is 1. The first-order valence-electron chi connectivity index (χ1n) is 8.62. The van der Waals surface area contributed by atoms with Crippen LogP contribution in [-0.2, 0) is 11.3 Å². The van der Waals surface area contributed by atoms with Gasteiger partial charge in [0.2, 0.25) is 0 Å². The maximum atomic E-state index is 12.8. The Balaban J connectivity index is 1.54. The Kier molecular flexibility index (Phi) is 4.91. The minimum Gasteiger partial charge on any atom is -0.310 e. The van der Waals surface area contributed by atoms with Crippen LogP contribution in [0.5, 0.6) is 0 Å². The van der Waals surface area contributed by atoms with Crippen LogP contribution in [0.1, 0.15) is 5.56 Å². The molecule has 0 radical (unpaired) electrons. The molecule has 0 unspecified atom stereocenters. The molecule has 148 valence electrons. The van der Waals surface area contributed by atoms with Crippen molar-refractivity contribution in [2.24, 2.45) is 0 Å². The molecular weight excluding hydrogens is 403 g/mol. The highest BCUT2D eigenvalue weighted by Crippen LogP contribution is 2.37. The lowest BCUT2D eigenvalue weighted by molar-refractivity contribution is -0.116. The van der Waals surface area contributed by atoms with Crippen molar-refractivity contribution in [2.45, 2.75) is 16.9 Å². The molecular formula is C20H14F3N3O2S. The molecule has 0 atom stereocenters. The summed E-state index contributed by atoms with van der Waals surface area (Å²) in [6.07, 6.45) is 1.65. The van der Waals surface area contributed by atoms with Crippen LogP contribution >= 0.6 is 11.8 Å². The van der Waals surface area contributed by atoms with Crippen LogP contribution in [0.25, 0.3) is 10.9 Å². The van der Waals surface area contributed by atoms with E-state index in [0.717, 1.165) is 21.4 Å². The third-order valence-corrected chi connectivity index (χ3v) is 5.21. The Morgan fingerprint density at radius 3 is 2.45 bits per heavy atom. The molecule has 1 aliphatic rings. The molecule has 3 aromatic rings. The van der Waals surface area contributed by atoms with E-state index >= 15 is 0 Å². The predicted molar refractivity (Wildman–Crippen MR) is 103 cm³/mol. The molecule has 1 saturated heterocycles. The summed E-state index contributed by atoms with van der Waals surface area (Å²) in [5.74, 6) is -0.426. The van der Waals surface area contributed by atoms with E-state index in [1.165, 1.54) is 29.2 Å². The van der Waals surface area contributed by atoms with Crippen molar-refractivity contribution < 1.29 is 22.8 Å². The standard InChI is InChI=1S/C20H14F3N3O2S/c21-20(22,23)29-15-7-5-14(6-8-15)26-18(27)12-25(19(26)28)11-13-9-10-24-17-4-2-1-3-16(13)17/h1-10H,11-12H2. The van der Waals surface area contributed by atoms with E-state index in [4.69, 9.17) is 0 Å². The molecule has 0 spiro atoms. The van der Waals surface area contributed by atoms with Crippen LogP contribution < -0.4 is 4.90 Å². The average Bonchev–Trinajstić information content (AvgIpc) is 2.95. The number of aromatic nitrogens is 1. The van der Waals surface area contributed by atoms with Gasteiger partial charge in [0.05, 0.1) is 11.2 Å². The number of amides is 3. The summed E-state index contributed by atoms with van der Waals surface area (Å²) < 4.78 is 37.4. The van der Waals surface area contributed by atoms with Crippen molar-refractivity contribution in [2.75, 3.05) is 11.4 Å². The minimum absolute atomic E-state index is 0.0135. The summed E-state index contributed by atoms with van der Waals surface area (Å²) >= 11 is -0.248. The van der Waals surface area contributed by atoms with E-state index in [2.05, 4.69) is 4.98 Å². The van der Waals surface area contributed by atoms with Gasteiger partial charge in [0.1, 0.15) is 6.54 Å². The van der Waals surface area contributed by atoms with Crippen LogP contribution in [0.3, 0.4) is 0 Å². The molecule has 2 heterocycles. The van der Waals surface area contributed by atoms with Gasteiger partial charge in [0.25, 0.3) is 5.91 Å². The van der Waals surface area contributed by atoms with Crippen molar-refractivity contribution in [3.8, 4) is 0 Å². The van der Waals surface area contributed by atoms with Gasteiger partial charge >= 0.3 is 11.5 Å². The highest BCUT2D eigenvalue weighted by Gasteiger charge is 2.37. The highest BCUT2D eigenvalue weighted by atomic mass is 32.2. The molecule has 1 aliphatic heterocycles. The molecule has 9 heteroatoms. The molecule has 4 rings (SSSR count). The van der Waals surface area contributed by atoms with Gasteiger partial charge in [-0.15, -0.1) is 0 Å². The van der Waals surface area contributed by atoms with Gasteiger partial charge in [0.15, 0.2) is 0 Å².